The van der Waals surface area contributed by atoms with Gasteiger partial charge in [-0.15, -0.1) is 11.3 Å². The number of halogens is 1. The molecule has 2 aromatic carbocycles. The topological polar surface area (TPSA) is 84.2 Å². The number of carbonyl (C=O) groups is 1. The number of benzene rings is 2. The Morgan fingerprint density at radius 3 is 2.81 bits per heavy atom. The van der Waals surface area contributed by atoms with Crippen molar-refractivity contribution in [2.45, 2.75) is 13.3 Å². The molecule has 8 heteroatoms. The predicted molar refractivity (Wildman–Crippen MR) is 123 cm³/mol. The van der Waals surface area contributed by atoms with Gasteiger partial charge in [0.25, 0.3) is 5.91 Å². The SMILES string of the molecule is Cc1cccc(OCCCOc2ccc(/C=C(/C#N)C(=O)Nc3nccs3)cc2Cl)c1. The monoisotopic (exact) mass is 453 g/mol. The third-order valence-electron chi connectivity index (χ3n) is 4.09. The molecule has 0 aliphatic carbocycles. The van der Waals surface area contributed by atoms with E-state index in [0.717, 1.165) is 11.3 Å². The summed E-state index contributed by atoms with van der Waals surface area (Å²) in [5.74, 6) is 0.837. The number of nitrogens with one attached hydrogen (secondary N) is 1. The highest BCUT2D eigenvalue weighted by Gasteiger charge is 2.11. The smallest absolute Gasteiger partial charge is 0.268 e. The first-order valence-electron chi connectivity index (χ1n) is 9.49. The van der Waals surface area contributed by atoms with Gasteiger partial charge in [0.1, 0.15) is 23.1 Å². The molecule has 1 aromatic heterocycles. The van der Waals surface area contributed by atoms with Gasteiger partial charge in [0, 0.05) is 18.0 Å². The molecule has 0 unspecified atom stereocenters. The number of rotatable bonds is 9. The van der Waals surface area contributed by atoms with Crippen LogP contribution < -0.4 is 14.8 Å². The zero-order chi connectivity index (χ0) is 22.1. The van der Waals surface area contributed by atoms with Crippen molar-refractivity contribution in [3.63, 3.8) is 0 Å². The molecule has 0 saturated carbocycles. The molecular formula is C23H20ClN3O3S. The molecule has 1 N–H and O–H groups in total. The zero-order valence-electron chi connectivity index (χ0n) is 16.8. The molecule has 0 radical (unpaired) electrons. The molecule has 0 saturated heterocycles. The molecule has 0 aliphatic rings. The van der Waals surface area contributed by atoms with Crippen molar-refractivity contribution >= 4 is 40.1 Å². The van der Waals surface area contributed by atoms with Crippen molar-refractivity contribution in [2.75, 3.05) is 18.5 Å². The van der Waals surface area contributed by atoms with Gasteiger partial charge in [-0.1, -0.05) is 29.8 Å². The third-order valence-corrected chi connectivity index (χ3v) is 5.07. The van der Waals surface area contributed by atoms with Crippen molar-refractivity contribution in [3.05, 3.63) is 75.8 Å². The van der Waals surface area contributed by atoms with Gasteiger partial charge in [-0.2, -0.15) is 5.26 Å². The maximum Gasteiger partial charge on any atom is 0.268 e. The highest BCUT2D eigenvalue weighted by Crippen LogP contribution is 2.27. The Morgan fingerprint density at radius 2 is 2.10 bits per heavy atom. The predicted octanol–water partition coefficient (Wildman–Crippen LogP) is 5.50. The van der Waals surface area contributed by atoms with Crippen molar-refractivity contribution in [1.82, 2.24) is 4.98 Å². The number of aromatic nitrogens is 1. The summed E-state index contributed by atoms with van der Waals surface area (Å²) in [5, 5.41) is 14.4. The van der Waals surface area contributed by atoms with Crippen LogP contribution in [0, 0.1) is 18.3 Å². The molecule has 0 bridgehead atoms. The molecule has 0 spiro atoms. The van der Waals surface area contributed by atoms with Gasteiger partial charge >= 0.3 is 0 Å². The van der Waals surface area contributed by atoms with Crippen molar-refractivity contribution in [3.8, 4) is 17.6 Å². The van der Waals surface area contributed by atoms with Crippen LogP contribution in [-0.4, -0.2) is 24.1 Å². The van der Waals surface area contributed by atoms with Crippen LogP contribution in [0.25, 0.3) is 6.08 Å². The number of hydrogen-bond acceptors (Lipinski definition) is 6. The van der Waals surface area contributed by atoms with Crippen LogP contribution in [0.5, 0.6) is 11.5 Å². The first-order chi connectivity index (χ1) is 15.0. The van der Waals surface area contributed by atoms with E-state index in [1.54, 1.807) is 29.8 Å². The maximum absolute atomic E-state index is 12.2. The van der Waals surface area contributed by atoms with E-state index in [-0.39, 0.29) is 5.57 Å². The summed E-state index contributed by atoms with van der Waals surface area (Å²) in [6.45, 7) is 2.99. The molecule has 1 heterocycles. The molecule has 6 nitrogen and oxygen atoms in total. The van der Waals surface area contributed by atoms with Crippen LogP contribution in [-0.2, 0) is 4.79 Å². The van der Waals surface area contributed by atoms with E-state index in [1.807, 2.05) is 37.3 Å². The molecule has 0 fully saturated rings. The molecule has 158 valence electrons. The lowest BCUT2D eigenvalue weighted by Gasteiger charge is -2.10. The summed E-state index contributed by atoms with van der Waals surface area (Å²) in [6, 6.07) is 14.9. The van der Waals surface area contributed by atoms with Crippen LogP contribution in [0.3, 0.4) is 0 Å². The molecule has 0 aliphatic heterocycles. The number of anilines is 1. The van der Waals surface area contributed by atoms with E-state index in [9.17, 15) is 10.1 Å². The number of hydrogen-bond donors (Lipinski definition) is 1. The van der Waals surface area contributed by atoms with Crippen LogP contribution in [0.15, 0.2) is 59.6 Å². The second-order valence-corrected chi connectivity index (χ2v) is 7.82. The summed E-state index contributed by atoms with van der Waals surface area (Å²) in [4.78, 5) is 16.2. The van der Waals surface area contributed by atoms with E-state index in [1.165, 1.54) is 17.4 Å². The summed E-state index contributed by atoms with van der Waals surface area (Å²) in [7, 11) is 0. The number of aryl methyl sites for hydroxylation is 1. The normalized spacial score (nSPS) is 10.9. The molecular weight excluding hydrogens is 434 g/mol. The lowest BCUT2D eigenvalue weighted by molar-refractivity contribution is -0.112. The second-order valence-electron chi connectivity index (χ2n) is 6.52. The molecule has 3 rings (SSSR count). The second kappa shape index (κ2) is 11.2. The van der Waals surface area contributed by atoms with Crippen LogP contribution >= 0.6 is 22.9 Å². The number of amides is 1. The zero-order valence-corrected chi connectivity index (χ0v) is 18.4. The molecule has 31 heavy (non-hydrogen) atoms. The first-order valence-corrected chi connectivity index (χ1v) is 10.8. The minimum Gasteiger partial charge on any atom is -0.493 e. The van der Waals surface area contributed by atoms with Crippen molar-refractivity contribution in [2.24, 2.45) is 0 Å². The summed E-state index contributed by atoms with van der Waals surface area (Å²) in [5.41, 5.74) is 1.72. The van der Waals surface area contributed by atoms with Gasteiger partial charge in [0.05, 0.1) is 18.2 Å². The largest absolute Gasteiger partial charge is 0.493 e. The van der Waals surface area contributed by atoms with Gasteiger partial charge in [-0.3, -0.25) is 10.1 Å². The third kappa shape index (κ3) is 6.85. The lowest BCUT2D eigenvalue weighted by Crippen LogP contribution is -2.13. The van der Waals surface area contributed by atoms with Crippen LogP contribution in [0.1, 0.15) is 17.5 Å². The van der Waals surface area contributed by atoms with Gasteiger partial charge in [-0.25, -0.2) is 4.98 Å². The summed E-state index contributed by atoms with van der Waals surface area (Å²) >= 11 is 7.57. The quantitative estimate of drug-likeness (QED) is 0.263. The highest BCUT2D eigenvalue weighted by molar-refractivity contribution is 7.13. The molecule has 1 amide bonds. The van der Waals surface area contributed by atoms with Gasteiger partial charge in [0.15, 0.2) is 5.13 Å². The number of nitriles is 1. The fourth-order valence-corrected chi connectivity index (χ4v) is 3.39. The van der Waals surface area contributed by atoms with Crippen molar-refractivity contribution in [1.29, 1.82) is 5.26 Å². The van der Waals surface area contributed by atoms with Crippen LogP contribution in [0.2, 0.25) is 5.02 Å². The summed E-state index contributed by atoms with van der Waals surface area (Å²) in [6.07, 6.45) is 3.74. The Morgan fingerprint density at radius 1 is 1.26 bits per heavy atom. The fourth-order valence-electron chi connectivity index (χ4n) is 2.63. The minimum absolute atomic E-state index is 0.0479. The van der Waals surface area contributed by atoms with E-state index in [4.69, 9.17) is 21.1 Å². The Labute approximate surface area is 189 Å². The number of ether oxygens (including phenoxy) is 2. The lowest BCUT2D eigenvalue weighted by atomic mass is 10.1. The van der Waals surface area contributed by atoms with E-state index in [2.05, 4.69) is 10.3 Å². The van der Waals surface area contributed by atoms with Crippen molar-refractivity contribution < 1.29 is 14.3 Å². The maximum atomic E-state index is 12.2. The Balaban J connectivity index is 1.52. The van der Waals surface area contributed by atoms with Gasteiger partial charge < -0.3 is 9.47 Å². The van der Waals surface area contributed by atoms with Crippen LogP contribution in [0.4, 0.5) is 5.13 Å². The Hall–Kier alpha value is -3.34. The number of thiazole rings is 1. The summed E-state index contributed by atoms with van der Waals surface area (Å²) < 4.78 is 11.4. The average Bonchev–Trinajstić information content (AvgIpc) is 3.26. The number of nitrogens with zero attached hydrogens (tertiary/aromatic N) is 2. The highest BCUT2D eigenvalue weighted by atomic mass is 35.5. The molecule has 3 aromatic rings. The average molecular weight is 454 g/mol. The molecule has 0 atom stereocenters. The van der Waals surface area contributed by atoms with E-state index < -0.39 is 5.91 Å². The first kappa shape index (κ1) is 22.3. The Kier molecular flexibility index (Phi) is 8.05. The fraction of sp³-hybridized carbons (Fsp3) is 0.174. The minimum atomic E-state index is -0.525. The Bertz CT molecular complexity index is 1110. The van der Waals surface area contributed by atoms with Gasteiger partial charge in [0.2, 0.25) is 0 Å². The standard InChI is InChI=1S/C23H20ClN3O3S/c1-16-4-2-5-19(12-16)29-9-3-10-30-21-7-6-17(14-20(21)24)13-18(15-25)22(28)27-23-26-8-11-31-23/h2,4-8,11-14H,3,9-10H2,1H3,(H,26,27,28)/b18-13-. The van der Waals surface area contributed by atoms with E-state index in [0.29, 0.717) is 41.1 Å². The number of carbonyl (C=O) groups excluding carboxylic acids is 1. The van der Waals surface area contributed by atoms with E-state index >= 15 is 0 Å². The van der Waals surface area contributed by atoms with Gasteiger partial charge in [-0.05, 0) is 48.4 Å².